The fourth-order valence-corrected chi connectivity index (χ4v) is 1.68. The predicted molar refractivity (Wildman–Crippen MR) is 68.0 cm³/mol. The summed E-state index contributed by atoms with van der Waals surface area (Å²) in [5.41, 5.74) is 1.18. The third-order valence-electron chi connectivity index (χ3n) is 2.42. The zero-order chi connectivity index (χ0) is 11.1. The van der Waals surface area contributed by atoms with Crippen LogP contribution in [0.4, 0.5) is 0 Å². The van der Waals surface area contributed by atoms with E-state index >= 15 is 0 Å². The van der Waals surface area contributed by atoms with E-state index in [-0.39, 0.29) is 0 Å². The molecule has 0 aliphatic heterocycles. The highest BCUT2D eigenvalue weighted by atomic mass is 79.9. The molecule has 0 aliphatic carbocycles. The van der Waals surface area contributed by atoms with E-state index in [1.54, 1.807) is 0 Å². The van der Waals surface area contributed by atoms with Crippen LogP contribution in [0, 0.1) is 5.92 Å². The van der Waals surface area contributed by atoms with Crippen molar-refractivity contribution < 1.29 is 0 Å². The summed E-state index contributed by atoms with van der Waals surface area (Å²) >= 11 is 3.39. The largest absolute Gasteiger partial charge is 0.317 e. The zero-order valence-corrected chi connectivity index (χ0v) is 11.0. The maximum absolute atomic E-state index is 4.36. The van der Waals surface area contributed by atoms with E-state index in [1.807, 2.05) is 6.20 Å². The van der Waals surface area contributed by atoms with Gasteiger partial charge in [0.2, 0.25) is 0 Å². The second-order valence-corrected chi connectivity index (χ2v) is 4.83. The molecule has 0 amide bonds. The first-order valence-corrected chi connectivity index (χ1v) is 6.32. The molecule has 0 aliphatic rings. The van der Waals surface area contributed by atoms with Gasteiger partial charge in [-0.2, -0.15) is 0 Å². The minimum absolute atomic E-state index is 0.718. The summed E-state index contributed by atoms with van der Waals surface area (Å²) in [5.74, 6) is 0.718. The summed E-state index contributed by atoms with van der Waals surface area (Å²) < 4.78 is 1.05. The Balaban J connectivity index is 2.27. The average molecular weight is 271 g/mol. The fraction of sp³-hybridized carbons (Fsp3) is 0.583. The number of nitrogens with zero attached hydrogens (tertiary/aromatic N) is 1. The van der Waals surface area contributed by atoms with E-state index in [2.05, 4.69) is 52.2 Å². The molecule has 0 spiro atoms. The van der Waals surface area contributed by atoms with Gasteiger partial charge >= 0.3 is 0 Å². The molecule has 84 valence electrons. The predicted octanol–water partition coefficient (Wildman–Crippen LogP) is 3.02. The van der Waals surface area contributed by atoms with Crippen LogP contribution in [0.3, 0.4) is 0 Å². The number of aromatic nitrogens is 1. The molecule has 1 unspecified atom stereocenters. The van der Waals surface area contributed by atoms with Crippen molar-refractivity contribution in [3.8, 4) is 0 Å². The minimum Gasteiger partial charge on any atom is -0.317 e. The molecule has 0 saturated heterocycles. The molecule has 1 aromatic rings. The van der Waals surface area contributed by atoms with Gasteiger partial charge in [-0.15, -0.1) is 0 Å². The van der Waals surface area contributed by atoms with E-state index in [9.17, 15) is 0 Å². The molecule has 1 atom stereocenters. The Morgan fingerprint density at radius 1 is 1.47 bits per heavy atom. The summed E-state index contributed by atoms with van der Waals surface area (Å²) in [5, 5.41) is 3.37. The van der Waals surface area contributed by atoms with Crippen molar-refractivity contribution in [3.63, 3.8) is 0 Å². The molecule has 1 heterocycles. The number of halogens is 1. The van der Waals surface area contributed by atoms with Crippen molar-refractivity contribution in [1.82, 2.24) is 10.3 Å². The second kappa shape index (κ2) is 6.96. The highest BCUT2D eigenvalue weighted by Gasteiger charge is 2.02. The smallest absolute Gasteiger partial charge is 0.0413 e. The Morgan fingerprint density at radius 3 is 2.87 bits per heavy atom. The van der Waals surface area contributed by atoms with E-state index < -0.39 is 0 Å². The van der Waals surface area contributed by atoms with Crippen LogP contribution >= 0.6 is 15.9 Å². The van der Waals surface area contributed by atoms with Crippen LogP contribution in [0.15, 0.2) is 22.8 Å². The van der Waals surface area contributed by atoms with Crippen molar-refractivity contribution in [2.45, 2.75) is 26.7 Å². The van der Waals surface area contributed by atoms with Gasteiger partial charge < -0.3 is 5.32 Å². The maximum atomic E-state index is 4.36. The molecular formula is C12H19BrN2. The van der Waals surface area contributed by atoms with Gasteiger partial charge in [0.15, 0.2) is 0 Å². The quantitative estimate of drug-likeness (QED) is 0.860. The lowest BCUT2D eigenvalue weighted by Crippen LogP contribution is -2.20. The number of hydrogen-bond donors (Lipinski definition) is 1. The monoisotopic (exact) mass is 270 g/mol. The molecule has 0 bridgehead atoms. The van der Waals surface area contributed by atoms with Gasteiger partial charge in [0, 0.05) is 16.4 Å². The highest BCUT2D eigenvalue weighted by molar-refractivity contribution is 9.10. The number of nitrogens with one attached hydrogen (secondary N) is 1. The van der Waals surface area contributed by atoms with Gasteiger partial charge in [0.25, 0.3) is 0 Å². The van der Waals surface area contributed by atoms with Crippen LogP contribution in [0.5, 0.6) is 0 Å². The van der Waals surface area contributed by atoms with Crippen molar-refractivity contribution in [2.24, 2.45) is 5.92 Å². The Morgan fingerprint density at radius 2 is 2.27 bits per heavy atom. The zero-order valence-electron chi connectivity index (χ0n) is 9.46. The molecule has 0 fully saturated rings. The van der Waals surface area contributed by atoms with Crippen LogP contribution in [-0.4, -0.2) is 18.1 Å². The van der Waals surface area contributed by atoms with Gasteiger partial charge in [-0.1, -0.05) is 13.8 Å². The molecule has 0 aromatic carbocycles. The third kappa shape index (κ3) is 5.28. The van der Waals surface area contributed by atoms with Gasteiger partial charge in [-0.05, 0) is 59.9 Å². The van der Waals surface area contributed by atoms with Crippen LogP contribution in [0.2, 0.25) is 0 Å². The SMILES string of the molecule is CCNCC(C)CCc1ccc(Br)cn1. The van der Waals surface area contributed by atoms with E-state index in [0.29, 0.717) is 0 Å². The molecule has 3 heteroatoms. The van der Waals surface area contributed by atoms with Crippen LogP contribution in [0.25, 0.3) is 0 Å². The normalized spacial score (nSPS) is 12.7. The Bertz CT molecular complexity index is 271. The number of hydrogen-bond acceptors (Lipinski definition) is 2. The van der Waals surface area contributed by atoms with Crippen molar-refractivity contribution in [2.75, 3.05) is 13.1 Å². The first-order chi connectivity index (χ1) is 7.22. The van der Waals surface area contributed by atoms with E-state index in [0.717, 1.165) is 29.9 Å². The summed E-state index contributed by atoms with van der Waals surface area (Å²) in [6.45, 7) is 6.58. The van der Waals surface area contributed by atoms with Crippen LogP contribution < -0.4 is 5.32 Å². The van der Waals surface area contributed by atoms with Gasteiger partial charge in [-0.3, -0.25) is 4.98 Å². The molecular weight excluding hydrogens is 252 g/mol. The molecule has 1 rings (SSSR count). The number of pyridine rings is 1. The molecule has 1 aromatic heterocycles. The Kier molecular flexibility index (Phi) is 5.88. The van der Waals surface area contributed by atoms with Crippen LogP contribution in [0.1, 0.15) is 26.0 Å². The average Bonchev–Trinajstić information content (AvgIpc) is 2.25. The van der Waals surface area contributed by atoms with Gasteiger partial charge in [0.05, 0.1) is 0 Å². The highest BCUT2D eigenvalue weighted by Crippen LogP contribution is 2.11. The van der Waals surface area contributed by atoms with E-state index in [1.165, 1.54) is 12.1 Å². The van der Waals surface area contributed by atoms with Crippen molar-refractivity contribution >= 4 is 15.9 Å². The maximum Gasteiger partial charge on any atom is 0.0413 e. The van der Waals surface area contributed by atoms with Crippen LogP contribution in [-0.2, 0) is 6.42 Å². The standard InChI is InChI=1S/C12H19BrN2/c1-3-14-8-10(2)4-6-12-7-5-11(13)9-15-12/h5,7,9-10,14H,3-4,6,8H2,1-2H3. The summed E-state index contributed by atoms with van der Waals surface area (Å²) in [6, 6.07) is 4.14. The molecule has 2 nitrogen and oxygen atoms in total. The first-order valence-electron chi connectivity index (χ1n) is 5.53. The fourth-order valence-electron chi connectivity index (χ4n) is 1.44. The lowest BCUT2D eigenvalue weighted by molar-refractivity contribution is 0.487. The summed E-state index contributed by atoms with van der Waals surface area (Å²) in [4.78, 5) is 4.36. The van der Waals surface area contributed by atoms with Crippen molar-refractivity contribution in [3.05, 3.63) is 28.5 Å². The lowest BCUT2D eigenvalue weighted by Gasteiger charge is -2.10. The lowest BCUT2D eigenvalue weighted by atomic mass is 10.0. The topological polar surface area (TPSA) is 24.9 Å². The van der Waals surface area contributed by atoms with Crippen molar-refractivity contribution in [1.29, 1.82) is 0 Å². The third-order valence-corrected chi connectivity index (χ3v) is 2.89. The minimum atomic E-state index is 0.718. The molecule has 0 saturated carbocycles. The summed E-state index contributed by atoms with van der Waals surface area (Å²) in [7, 11) is 0. The Labute approximate surface area is 101 Å². The van der Waals surface area contributed by atoms with E-state index in [4.69, 9.17) is 0 Å². The van der Waals surface area contributed by atoms with Gasteiger partial charge in [-0.25, -0.2) is 0 Å². The number of aryl methyl sites for hydroxylation is 1. The summed E-state index contributed by atoms with van der Waals surface area (Å²) in [6.07, 6.45) is 4.13. The Hall–Kier alpha value is -0.410. The molecule has 15 heavy (non-hydrogen) atoms. The second-order valence-electron chi connectivity index (χ2n) is 3.92. The number of rotatable bonds is 6. The molecule has 0 radical (unpaired) electrons. The first kappa shape index (κ1) is 12.7. The van der Waals surface area contributed by atoms with Gasteiger partial charge in [0.1, 0.15) is 0 Å². The molecule has 1 N–H and O–H groups in total.